The molecule has 1 aliphatic heterocycles. The molecule has 0 aromatic heterocycles. The van der Waals surface area contributed by atoms with Gasteiger partial charge in [-0.05, 0) is 12.1 Å². The van der Waals surface area contributed by atoms with Gasteiger partial charge in [0.1, 0.15) is 0 Å². The number of hydrogen-bond donors (Lipinski definition) is 1. The minimum absolute atomic E-state index is 0.00639. The number of aliphatic carboxylic acids is 1. The standard InChI is InChI=1S/C11H11ClFNO2/c12-8-3-1-2-4-9(8)14-6-5-11(13,7-14)10(15)16/h1-4H,5-7H2,(H,15,16). The number of carboxylic acids is 1. The number of carbonyl (C=O) groups is 1. The topological polar surface area (TPSA) is 40.5 Å². The molecule has 0 radical (unpaired) electrons. The number of nitrogens with zero attached hydrogens (tertiary/aromatic N) is 1. The second-order valence-corrected chi connectivity index (χ2v) is 4.30. The van der Waals surface area contributed by atoms with Crippen molar-refractivity contribution in [2.24, 2.45) is 0 Å². The van der Waals surface area contributed by atoms with Crippen molar-refractivity contribution in [2.45, 2.75) is 12.1 Å². The largest absolute Gasteiger partial charge is 0.479 e. The van der Waals surface area contributed by atoms with Crippen molar-refractivity contribution < 1.29 is 14.3 Å². The monoisotopic (exact) mass is 243 g/mol. The van der Waals surface area contributed by atoms with Crippen LogP contribution < -0.4 is 4.90 Å². The number of benzene rings is 1. The van der Waals surface area contributed by atoms with Crippen LogP contribution in [0.2, 0.25) is 5.02 Å². The first kappa shape index (κ1) is 11.2. The average molecular weight is 244 g/mol. The first-order valence-electron chi connectivity index (χ1n) is 4.95. The number of rotatable bonds is 2. The van der Waals surface area contributed by atoms with E-state index in [1.54, 1.807) is 29.2 Å². The number of carboxylic acid groups (broad SMARTS) is 1. The highest BCUT2D eigenvalue weighted by Crippen LogP contribution is 2.33. The molecule has 1 fully saturated rings. The normalized spacial score (nSPS) is 24.8. The van der Waals surface area contributed by atoms with Crippen LogP contribution in [-0.4, -0.2) is 29.8 Å². The lowest BCUT2D eigenvalue weighted by molar-refractivity contribution is -0.149. The van der Waals surface area contributed by atoms with E-state index in [1.165, 1.54) is 0 Å². The fraction of sp³-hybridized carbons (Fsp3) is 0.364. The molecule has 5 heteroatoms. The van der Waals surface area contributed by atoms with Gasteiger partial charge in [-0.25, -0.2) is 9.18 Å². The summed E-state index contributed by atoms with van der Waals surface area (Å²) in [5, 5.41) is 9.28. The number of halogens is 2. The Morgan fingerprint density at radius 1 is 1.50 bits per heavy atom. The zero-order valence-electron chi connectivity index (χ0n) is 8.49. The van der Waals surface area contributed by atoms with Gasteiger partial charge in [-0.1, -0.05) is 23.7 Å². The Bertz CT molecular complexity index is 426. The third kappa shape index (κ3) is 1.85. The van der Waals surface area contributed by atoms with Crippen LogP contribution in [-0.2, 0) is 4.79 Å². The summed E-state index contributed by atoms with van der Waals surface area (Å²) in [5.41, 5.74) is -1.47. The molecule has 1 aliphatic rings. The van der Waals surface area contributed by atoms with E-state index in [1.807, 2.05) is 0 Å². The first-order valence-corrected chi connectivity index (χ1v) is 5.32. The van der Waals surface area contributed by atoms with Crippen molar-refractivity contribution in [3.63, 3.8) is 0 Å². The summed E-state index contributed by atoms with van der Waals surface area (Å²) in [6, 6.07) is 7.04. The second kappa shape index (κ2) is 3.94. The molecular formula is C11H11ClFNO2. The molecule has 3 nitrogen and oxygen atoms in total. The quantitative estimate of drug-likeness (QED) is 0.867. The Balaban J connectivity index is 2.22. The number of alkyl halides is 1. The molecule has 0 bridgehead atoms. The van der Waals surface area contributed by atoms with Crippen LogP contribution in [0.15, 0.2) is 24.3 Å². The van der Waals surface area contributed by atoms with Gasteiger partial charge in [0, 0.05) is 13.0 Å². The third-order valence-corrected chi connectivity index (χ3v) is 3.12. The molecule has 1 unspecified atom stereocenters. The van der Waals surface area contributed by atoms with Crippen molar-refractivity contribution in [3.05, 3.63) is 29.3 Å². The maximum Gasteiger partial charge on any atom is 0.343 e. The third-order valence-electron chi connectivity index (χ3n) is 2.80. The SMILES string of the molecule is O=C(O)C1(F)CCN(c2ccccc2Cl)C1. The van der Waals surface area contributed by atoms with E-state index in [-0.39, 0.29) is 13.0 Å². The van der Waals surface area contributed by atoms with Crippen molar-refractivity contribution >= 4 is 23.3 Å². The number of para-hydroxylation sites is 1. The lowest BCUT2D eigenvalue weighted by Gasteiger charge is -2.20. The summed E-state index contributed by atoms with van der Waals surface area (Å²) in [6.07, 6.45) is -0.00639. The molecule has 1 heterocycles. The van der Waals surface area contributed by atoms with Crippen molar-refractivity contribution in [1.29, 1.82) is 0 Å². The average Bonchev–Trinajstić information content (AvgIpc) is 2.63. The van der Waals surface area contributed by atoms with Crippen LogP contribution in [0.25, 0.3) is 0 Å². The Hall–Kier alpha value is -1.29. The van der Waals surface area contributed by atoms with Crippen molar-refractivity contribution in [1.82, 2.24) is 0 Å². The van der Waals surface area contributed by atoms with E-state index in [4.69, 9.17) is 16.7 Å². The summed E-state index contributed by atoms with van der Waals surface area (Å²) in [5.74, 6) is -1.40. The van der Waals surface area contributed by atoms with Gasteiger partial charge >= 0.3 is 5.97 Å². The Morgan fingerprint density at radius 3 is 2.75 bits per heavy atom. The molecule has 1 aromatic carbocycles. The van der Waals surface area contributed by atoms with Crippen LogP contribution in [0.3, 0.4) is 0 Å². The zero-order chi connectivity index (χ0) is 11.8. The molecule has 1 aromatic rings. The van der Waals surface area contributed by atoms with E-state index in [0.717, 1.165) is 0 Å². The van der Waals surface area contributed by atoms with Crippen LogP contribution in [0.1, 0.15) is 6.42 Å². The van der Waals surface area contributed by atoms with Gasteiger partial charge in [0.15, 0.2) is 0 Å². The highest BCUT2D eigenvalue weighted by Gasteiger charge is 2.45. The number of anilines is 1. The molecule has 2 rings (SSSR count). The maximum absolute atomic E-state index is 13.8. The molecule has 86 valence electrons. The van der Waals surface area contributed by atoms with Gasteiger partial charge in [-0.3, -0.25) is 0 Å². The molecule has 1 atom stereocenters. The van der Waals surface area contributed by atoms with Gasteiger partial charge < -0.3 is 10.0 Å². The van der Waals surface area contributed by atoms with Gasteiger partial charge in [-0.15, -0.1) is 0 Å². The van der Waals surface area contributed by atoms with Crippen LogP contribution in [0, 0.1) is 0 Å². The molecule has 0 saturated carbocycles. The van der Waals surface area contributed by atoms with E-state index in [9.17, 15) is 9.18 Å². The lowest BCUT2D eigenvalue weighted by atomic mass is 10.1. The van der Waals surface area contributed by atoms with Gasteiger partial charge in [-0.2, -0.15) is 0 Å². The summed E-state index contributed by atoms with van der Waals surface area (Å²) < 4.78 is 13.8. The molecule has 0 spiro atoms. The number of hydrogen-bond acceptors (Lipinski definition) is 2. The van der Waals surface area contributed by atoms with Crippen LogP contribution >= 0.6 is 11.6 Å². The molecule has 0 aliphatic carbocycles. The summed E-state index contributed by atoms with van der Waals surface area (Å²) in [6.45, 7) is 0.221. The predicted octanol–water partition coefficient (Wildman–Crippen LogP) is 2.34. The van der Waals surface area contributed by atoms with Crippen LogP contribution in [0.5, 0.6) is 0 Å². The summed E-state index contributed by atoms with van der Waals surface area (Å²) in [4.78, 5) is 12.4. The van der Waals surface area contributed by atoms with E-state index >= 15 is 0 Å². The van der Waals surface area contributed by atoms with Crippen molar-refractivity contribution in [3.8, 4) is 0 Å². The maximum atomic E-state index is 13.8. The van der Waals surface area contributed by atoms with E-state index < -0.39 is 11.6 Å². The van der Waals surface area contributed by atoms with Gasteiger partial charge in [0.25, 0.3) is 0 Å². The zero-order valence-corrected chi connectivity index (χ0v) is 9.25. The second-order valence-electron chi connectivity index (χ2n) is 3.89. The summed E-state index contributed by atoms with van der Waals surface area (Å²) >= 11 is 5.97. The molecule has 1 N–H and O–H groups in total. The fourth-order valence-electron chi connectivity index (χ4n) is 1.86. The van der Waals surface area contributed by atoms with Gasteiger partial charge in [0.05, 0.1) is 17.3 Å². The molecule has 0 amide bonds. The lowest BCUT2D eigenvalue weighted by Crippen LogP contribution is -2.37. The minimum Gasteiger partial charge on any atom is -0.479 e. The van der Waals surface area contributed by atoms with Gasteiger partial charge in [0.2, 0.25) is 5.67 Å². The van der Waals surface area contributed by atoms with E-state index in [2.05, 4.69) is 0 Å². The highest BCUT2D eigenvalue weighted by atomic mass is 35.5. The molecular weight excluding hydrogens is 233 g/mol. The minimum atomic E-state index is -2.15. The Morgan fingerprint density at radius 2 is 2.19 bits per heavy atom. The summed E-state index contributed by atoms with van der Waals surface area (Å²) in [7, 11) is 0. The molecule has 1 saturated heterocycles. The first-order chi connectivity index (χ1) is 7.53. The predicted molar refractivity (Wildman–Crippen MR) is 59.8 cm³/mol. The van der Waals surface area contributed by atoms with Crippen LogP contribution in [0.4, 0.5) is 10.1 Å². The van der Waals surface area contributed by atoms with E-state index in [0.29, 0.717) is 17.3 Å². The smallest absolute Gasteiger partial charge is 0.343 e. The van der Waals surface area contributed by atoms with Crippen molar-refractivity contribution in [2.75, 3.05) is 18.0 Å². The Kier molecular flexibility index (Phi) is 2.76. The highest BCUT2D eigenvalue weighted by molar-refractivity contribution is 6.33. The fourth-order valence-corrected chi connectivity index (χ4v) is 2.12. The Labute approximate surface area is 97.4 Å². The molecule has 16 heavy (non-hydrogen) atoms.